The van der Waals surface area contributed by atoms with E-state index < -0.39 is 5.82 Å². The zero-order valence-corrected chi connectivity index (χ0v) is 20.2. The van der Waals surface area contributed by atoms with Crippen molar-refractivity contribution in [1.29, 1.82) is 0 Å². The van der Waals surface area contributed by atoms with Crippen molar-refractivity contribution >= 4 is 11.8 Å². The largest absolute Gasteiger partial charge is 0.494 e. The Balaban J connectivity index is 1.65. The Kier molecular flexibility index (Phi) is 6.49. The normalized spacial score (nSPS) is 17.1. The zero-order chi connectivity index (χ0) is 23.8. The molecule has 1 aromatic heterocycles. The molecule has 1 aliphatic carbocycles. The summed E-state index contributed by atoms with van der Waals surface area (Å²) in [7, 11) is 1.41. The molecule has 2 aromatic carbocycles. The molecular weight excluding hydrogens is 454 g/mol. The molecule has 1 aliphatic heterocycles. The van der Waals surface area contributed by atoms with Gasteiger partial charge >= 0.3 is 0 Å². The molecule has 1 N–H and O–H groups in total. The molecule has 34 heavy (non-hydrogen) atoms. The lowest BCUT2D eigenvalue weighted by Gasteiger charge is -2.21. The van der Waals surface area contributed by atoms with Gasteiger partial charge in [0.15, 0.2) is 11.6 Å². The predicted molar refractivity (Wildman–Crippen MR) is 132 cm³/mol. The molecule has 4 nitrogen and oxygen atoms in total. The molecule has 5 rings (SSSR count). The summed E-state index contributed by atoms with van der Waals surface area (Å²) in [5, 5.41) is 4.37. The topological polar surface area (TPSA) is 43.3 Å². The van der Waals surface area contributed by atoms with Crippen molar-refractivity contribution in [2.45, 2.75) is 37.3 Å². The number of methoxy groups -OCH3 is 1. The second-order valence-corrected chi connectivity index (χ2v) is 10.1. The summed E-state index contributed by atoms with van der Waals surface area (Å²) < 4.78 is 36.9. The second kappa shape index (κ2) is 9.55. The average molecular weight is 483 g/mol. The van der Waals surface area contributed by atoms with Crippen molar-refractivity contribution in [1.82, 2.24) is 9.88 Å². The van der Waals surface area contributed by atoms with Crippen molar-refractivity contribution in [3.05, 3.63) is 81.1 Å². The number of nitrogens with zero attached hydrogens (tertiary/aromatic N) is 1. The monoisotopic (exact) mass is 482 g/mol. The Hall–Kier alpha value is -2.64. The standard InChI is InChI=1S/C27H28F2N2O2S/c1-16-21(12-18-6-3-4-8-22(18)28)27-31(19(15-34-27)14-30-13-17-10-11-17)26(32)24(16)20-7-5-9-23(33-2)25(20)29/h3-9,17,19,30H,10-15H2,1-2H3. The van der Waals surface area contributed by atoms with Gasteiger partial charge in [-0.3, -0.25) is 9.36 Å². The summed E-state index contributed by atoms with van der Waals surface area (Å²) in [6, 6.07) is 11.5. The maximum absolute atomic E-state index is 15.3. The van der Waals surface area contributed by atoms with Gasteiger partial charge in [-0.15, -0.1) is 11.8 Å². The van der Waals surface area contributed by atoms with Crippen molar-refractivity contribution in [2.75, 3.05) is 26.0 Å². The van der Waals surface area contributed by atoms with E-state index in [4.69, 9.17) is 4.74 Å². The lowest BCUT2D eigenvalue weighted by atomic mass is 9.94. The van der Waals surface area contributed by atoms with Crippen LogP contribution in [-0.2, 0) is 6.42 Å². The van der Waals surface area contributed by atoms with Gasteiger partial charge in [0.05, 0.1) is 23.7 Å². The number of hydrogen-bond donors (Lipinski definition) is 1. The van der Waals surface area contributed by atoms with Gasteiger partial charge < -0.3 is 10.1 Å². The highest BCUT2D eigenvalue weighted by Crippen LogP contribution is 2.40. The molecule has 3 aromatic rings. The average Bonchev–Trinajstić information content (AvgIpc) is 3.56. The first-order chi connectivity index (χ1) is 16.5. The van der Waals surface area contributed by atoms with Gasteiger partial charge in [0.1, 0.15) is 5.82 Å². The Morgan fingerprint density at radius 3 is 2.65 bits per heavy atom. The number of rotatable bonds is 8. The molecular formula is C27H28F2N2O2S. The number of fused-ring (bicyclic) bond motifs is 1. The van der Waals surface area contributed by atoms with Crippen LogP contribution < -0.4 is 15.6 Å². The third-order valence-electron chi connectivity index (χ3n) is 6.80. The smallest absolute Gasteiger partial charge is 0.260 e. The third-order valence-corrected chi connectivity index (χ3v) is 8.07. The number of halogens is 2. The van der Waals surface area contributed by atoms with Crippen LogP contribution >= 0.6 is 11.8 Å². The van der Waals surface area contributed by atoms with Gasteiger partial charge in [-0.05, 0) is 61.1 Å². The minimum Gasteiger partial charge on any atom is -0.494 e. The van der Waals surface area contributed by atoms with Crippen molar-refractivity contribution in [3.63, 3.8) is 0 Å². The van der Waals surface area contributed by atoms with E-state index in [0.29, 0.717) is 29.7 Å². The fourth-order valence-corrected chi connectivity index (χ4v) is 6.10. The molecule has 1 saturated carbocycles. The molecule has 7 heteroatoms. The molecule has 0 saturated heterocycles. The van der Waals surface area contributed by atoms with Gasteiger partial charge in [0.25, 0.3) is 5.56 Å². The van der Waals surface area contributed by atoms with E-state index in [9.17, 15) is 9.18 Å². The Labute approximate surface area is 202 Å². The Bertz CT molecular complexity index is 1290. The van der Waals surface area contributed by atoms with Crippen molar-refractivity contribution in [3.8, 4) is 16.9 Å². The van der Waals surface area contributed by atoms with E-state index in [-0.39, 0.29) is 28.7 Å². The lowest BCUT2D eigenvalue weighted by molar-refractivity contribution is 0.387. The summed E-state index contributed by atoms with van der Waals surface area (Å²) >= 11 is 1.63. The van der Waals surface area contributed by atoms with Crippen LogP contribution in [0.5, 0.6) is 5.75 Å². The van der Waals surface area contributed by atoms with Crippen LogP contribution in [-0.4, -0.2) is 30.5 Å². The Morgan fingerprint density at radius 1 is 1.12 bits per heavy atom. The molecule has 0 amide bonds. The Morgan fingerprint density at radius 2 is 1.91 bits per heavy atom. The fourth-order valence-electron chi connectivity index (χ4n) is 4.71. The minimum atomic E-state index is -0.559. The van der Waals surface area contributed by atoms with E-state index >= 15 is 4.39 Å². The van der Waals surface area contributed by atoms with Crippen LogP contribution in [0.3, 0.4) is 0 Å². The quantitative estimate of drug-likeness (QED) is 0.470. The zero-order valence-electron chi connectivity index (χ0n) is 19.4. The molecule has 178 valence electrons. The lowest BCUT2D eigenvalue weighted by Crippen LogP contribution is -2.34. The highest BCUT2D eigenvalue weighted by molar-refractivity contribution is 7.99. The van der Waals surface area contributed by atoms with Crippen LogP contribution in [0.1, 0.15) is 35.6 Å². The molecule has 0 bridgehead atoms. The van der Waals surface area contributed by atoms with E-state index in [1.54, 1.807) is 42.1 Å². The van der Waals surface area contributed by atoms with Gasteiger partial charge in [-0.2, -0.15) is 0 Å². The molecule has 2 heterocycles. The van der Waals surface area contributed by atoms with E-state index in [1.165, 1.54) is 26.0 Å². The first-order valence-electron chi connectivity index (χ1n) is 11.7. The number of aromatic nitrogens is 1. The van der Waals surface area contributed by atoms with Crippen LogP contribution in [0.25, 0.3) is 11.1 Å². The van der Waals surface area contributed by atoms with Crippen molar-refractivity contribution in [2.24, 2.45) is 5.92 Å². The number of thioether (sulfide) groups is 1. The maximum atomic E-state index is 15.3. The summed E-state index contributed by atoms with van der Waals surface area (Å²) in [6.45, 7) is 3.47. The fraction of sp³-hybridized carbons (Fsp3) is 0.370. The van der Waals surface area contributed by atoms with Gasteiger partial charge in [0.2, 0.25) is 0 Å². The first kappa shape index (κ1) is 23.1. The highest BCUT2D eigenvalue weighted by Gasteiger charge is 2.32. The van der Waals surface area contributed by atoms with Crippen LogP contribution in [0.2, 0.25) is 0 Å². The molecule has 0 spiro atoms. The highest BCUT2D eigenvalue weighted by atomic mass is 32.2. The summed E-state index contributed by atoms with van der Waals surface area (Å²) in [4.78, 5) is 13.9. The minimum absolute atomic E-state index is 0.0429. The number of ether oxygens (including phenoxy) is 1. The van der Waals surface area contributed by atoms with Gasteiger partial charge in [-0.25, -0.2) is 8.78 Å². The number of hydrogen-bond acceptors (Lipinski definition) is 4. The first-order valence-corrected chi connectivity index (χ1v) is 12.7. The van der Waals surface area contributed by atoms with E-state index in [1.807, 2.05) is 17.6 Å². The summed E-state index contributed by atoms with van der Waals surface area (Å²) in [5.41, 5.74) is 2.44. The third kappa shape index (κ3) is 4.27. The molecule has 2 aliphatic rings. The summed E-state index contributed by atoms with van der Waals surface area (Å²) in [6.07, 6.45) is 2.85. The van der Waals surface area contributed by atoms with Crippen molar-refractivity contribution < 1.29 is 13.5 Å². The maximum Gasteiger partial charge on any atom is 0.260 e. The van der Waals surface area contributed by atoms with Crippen LogP contribution in [0.4, 0.5) is 8.78 Å². The molecule has 1 fully saturated rings. The second-order valence-electron chi connectivity index (χ2n) is 9.12. The van der Waals surface area contributed by atoms with Gasteiger partial charge in [0, 0.05) is 24.3 Å². The number of benzene rings is 2. The summed E-state index contributed by atoms with van der Waals surface area (Å²) in [5.74, 6) is 0.736. The van der Waals surface area contributed by atoms with E-state index in [2.05, 4.69) is 5.32 Å². The molecule has 1 unspecified atom stereocenters. The van der Waals surface area contributed by atoms with E-state index in [0.717, 1.165) is 28.8 Å². The molecule has 0 radical (unpaired) electrons. The number of pyridine rings is 1. The predicted octanol–water partition coefficient (Wildman–Crippen LogP) is 5.35. The van der Waals surface area contributed by atoms with Crippen LogP contribution in [0, 0.1) is 24.5 Å². The SMILES string of the molecule is COc1cccc(-c2c(C)c(Cc3ccccc3F)c3n(c2=O)C(CNCC2CC2)CS3)c1F. The van der Waals surface area contributed by atoms with Gasteiger partial charge in [-0.1, -0.05) is 30.3 Å². The van der Waals surface area contributed by atoms with Crippen LogP contribution in [0.15, 0.2) is 52.3 Å². The molecule has 1 atom stereocenters. The number of nitrogens with one attached hydrogen (secondary N) is 1.